The van der Waals surface area contributed by atoms with Gasteiger partial charge in [0.15, 0.2) is 9.84 Å². The number of hydrogen-bond acceptors (Lipinski definition) is 5. The highest BCUT2D eigenvalue weighted by Crippen LogP contribution is 2.21. The largest absolute Gasteiger partial charge is 0.375 e. The predicted molar refractivity (Wildman–Crippen MR) is 57.8 cm³/mol. The van der Waals surface area contributed by atoms with Crippen LogP contribution in [0.1, 0.15) is 0 Å². The van der Waals surface area contributed by atoms with Gasteiger partial charge in [0, 0.05) is 26.2 Å². The van der Waals surface area contributed by atoms with Crippen molar-refractivity contribution in [1.82, 2.24) is 10.2 Å². The van der Waals surface area contributed by atoms with Gasteiger partial charge in [0.2, 0.25) is 5.91 Å². The molecular weight excluding hydrogens is 232 g/mol. The van der Waals surface area contributed by atoms with E-state index in [0.29, 0.717) is 13.1 Å². The minimum atomic E-state index is -3.01. The molecule has 0 spiro atoms. The van der Waals surface area contributed by atoms with Gasteiger partial charge in [-0.05, 0) is 0 Å². The van der Waals surface area contributed by atoms with Gasteiger partial charge < -0.3 is 15.0 Å². The molecule has 0 aromatic carbocycles. The van der Waals surface area contributed by atoms with Gasteiger partial charge in [0.25, 0.3) is 0 Å². The quantitative estimate of drug-likeness (QED) is 0.626. The highest BCUT2D eigenvalue weighted by Gasteiger charge is 2.44. The van der Waals surface area contributed by atoms with Crippen molar-refractivity contribution in [3.63, 3.8) is 0 Å². The van der Waals surface area contributed by atoms with E-state index >= 15 is 0 Å². The van der Waals surface area contributed by atoms with Crippen molar-refractivity contribution >= 4 is 15.7 Å². The maximum atomic E-state index is 11.7. The van der Waals surface area contributed by atoms with E-state index in [2.05, 4.69) is 5.32 Å². The Morgan fingerprint density at radius 1 is 1.50 bits per heavy atom. The molecule has 7 heteroatoms. The zero-order valence-corrected chi connectivity index (χ0v) is 10.00. The van der Waals surface area contributed by atoms with Gasteiger partial charge >= 0.3 is 0 Å². The van der Waals surface area contributed by atoms with E-state index < -0.39 is 9.84 Å². The van der Waals surface area contributed by atoms with E-state index in [0.717, 1.165) is 0 Å². The topological polar surface area (TPSA) is 75.7 Å². The van der Waals surface area contributed by atoms with Crippen molar-refractivity contribution < 1.29 is 17.9 Å². The lowest BCUT2D eigenvalue weighted by Gasteiger charge is -2.37. The molecule has 2 atom stereocenters. The smallest absolute Gasteiger partial charge is 0.248 e. The maximum absolute atomic E-state index is 11.7. The number of rotatable bonds is 2. The fourth-order valence-electron chi connectivity index (χ4n) is 2.38. The number of amides is 1. The normalized spacial score (nSPS) is 32.4. The summed E-state index contributed by atoms with van der Waals surface area (Å²) in [6, 6.07) is -0.332. The van der Waals surface area contributed by atoms with Crippen molar-refractivity contribution in [2.45, 2.75) is 12.1 Å². The van der Waals surface area contributed by atoms with Gasteiger partial charge in [-0.15, -0.1) is 0 Å². The lowest BCUT2D eigenvalue weighted by molar-refractivity contribution is -0.138. The Kier molecular flexibility index (Phi) is 3.18. The van der Waals surface area contributed by atoms with Crippen molar-refractivity contribution in [3.8, 4) is 0 Å². The van der Waals surface area contributed by atoms with Crippen LogP contribution >= 0.6 is 0 Å². The summed E-state index contributed by atoms with van der Waals surface area (Å²) in [5, 5.41) is 3.15. The summed E-state index contributed by atoms with van der Waals surface area (Å²) in [6.45, 7) is 1.22. The molecule has 0 saturated carbocycles. The Labute approximate surface area is 94.9 Å². The molecule has 2 aliphatic rings. The third kappa shape index (κ3) is 2.21. The second-order valence-corrected chi connectivity index (χ2v) is 6.38. The van der Waals surface area contributed by atoms with Crippen LogP contribution < -0.4 is 5.32 Å². The molecular formula is C9H16N2O4S. The number of fused-ring (bicyclic) bond motifs is 1. The van der Waals surface area contributed by atoms with E-state index in [4.69, 9.17) is 4.74 Å². The van der Waals surface area contributed by atoms with Crippen LogP contribution in [0, 0.1) is 0 Å². The molecule has 2 aliphatic heterocycles. The van der Waals surface area contributed by atoms with E-state index in [1.165, 1.54) is 7.11 Å². The molecule has 2 rings (SSSR count). The van der Waals surface area contributed by atoms with Gasteiger partial charge in [0.1, 0.15) is 6.61 Å². The van der Waals surface area contributed by atoms with Crippen LogP contribution in [-0.4, -0.2) is 69.6 Å². The van der Waals surface area contributed by atoms with Crippen LogP contribution in [-0.2, 0) is 19.4 Å². The van der Waals surface area contributed by atoms with Crippen LogP contribution in [0.25, 0.3) is 0 Å². The highest BCUT2D eigenvalue weighted by molar-refractivity contribution is 7.91. The molecule has 6 nitrogen and oxygen atoms in total. The third-order valence-electron chi connectivity index (χ3n) is 3.07. The number of hydrogen-bond donors (Lipinski definition) is 1. The number of sulfone groups is 1. The molecule has 2 saturated heterocycles. The average Bonchev–Trinajstić information content (AvgIpc) is 2.51. The number of nitrogens with one attached hydrogen (secondary N) is 1. The SMILES string of the molecule is COCC(=O)N1CCN[C@@H]2CS(=O)(=O)C[C@H]21. The minimum Gasteiger partial charge on any atom is -0.375 e. The van der Waals surface area contributed by atoms with Crippen molar-refractivity contribution in [3.05, 3.63) is 0 Å². The summed E-state index contributed by atoms with van der Waals surface area (Å²) in [7, 11) is -1.55. The number of carbonyl (C=O) groups is 1. The Morgan fingerprint density at radius 2 is 2.25 bits per heavy atom. The molecule has 0 bridgehead atoms. The maximum Gasteiger partial charge on any atom is 0.248 e. The molecule has 16 heavy (non-hydrogen) atoms. The second kappa shape index (κ2) is 4.31. The first-order valence-corrected chi connectivity index (χ1v) is 7.08. The summed E-state index contributed by atoms with van der Waals surface area (Å²) >= 11 is 0. The van der Waals surface area contributed by atoms with Gasteiger partial charge in [-0.25, -0.2) is 8.42 Å². The highest BCUT2D eigenvalue weighted by atomic mass is 32.2. The molecule has 0 aliphatic carbocycles. The lowest BCUT2D eigenvalue weighted by atomic mass is 10.1. The molecule has 2 fully saturated rings. The molecule has 0 radical (unpaired) electrons. The number of carbonyl (C=O) groups excluding carboxylic acids is 1. The minimum absolute atomic E-state index is 0.0171. The third-order valence-corrected chi connectivity index (χ3v) is 4.79. The molecule has 0 aromatic heterocycles. The molecule has 92 valence electrons. The zero-order chi connectivity index (χ0) is 11.8. The first kappa shape index (κ1) is 11.8. The van der Waals surface area contributed by atoms with Crippen molar-refractivity contribution in [2.75, 3.05) is 38.3 Å². The van der Waals surface area contributed by atoms with Crippen LogP contribution in [0.15, 0.2) is 0 Å². The van der Waals surface area contributed by atoms with Crippen LogP contribution in [0.5, 0.6) is 0 Å². The zero-order valence-electron chi connectivity index (χ0n) is 9.18. The van der Waals surface area contributed by atoms with Gasteiger partial charge in [-0.2, -0.15) is 0 Å². The van der Waals surface area contributed by atoms with Crippen LogP contribution in [0.3, 0.4) is 0 Å². The predicted octanol–water partition coefficient (Wildman–Crippen LogP) is -1.77. The molecule has 0 unspecified atom stereocenters. The van der Waals surface area contributed by atoms with Gasteiger partial charge in [-0.3, -0.25) is 4.79 Å². The summed E-state index contributed by atoms with van der Waals surface area (Å²) in [6.07, 6.45) is 0. The Morgan fingerprint density at radius 3 is 2.94 bits per heavy atom. The number of piperazine rings is 1. The van der Waals surface area contributed by atoms with E-state index in [1.807, 2.05) is 0 Å². The number of nitrogens with zero attached hydrogens (tertiary/aromatic N) is 1. The Hall–Kier alpha value is -0.660. The molecule has 1 N–H and O–H groups in total. The van der Waals surface area contributed by atoms with Crippen molar-refractivity contribution in [2.24, 2.45) is 0 Å². The second-order valence-electron chi connectivity index (χ2n) is 4.23. The van der Waals surface area contributed by atoms with E-state index in [1.54, 1.807) is 4.90 Å². The summed E-state index contributed by atoms with van der Waals surface area (Å²) in [5.74, 6) is 0.0743. The molecule has 1 amide bonds. The molecule has 0 aromatic rings. The van der Waals surface area contributed by atoms with Gasteiger partial charge in [-0.1, -0.05) is 0 Å². The summed E-state index contributed by atoms with van der Waals surface area (Å²) in [5.41, 5.74) is 0. The summed E-state index contributed by atoms with van der Waals surface area (Å²) < 4.78 is 27.8. The van der Waals surface area contributed by atoms with E-state index in [9.17, 15) is 13.2 Å². The monoisotopic (exact) mass is 248 g/mol. The van der Waals surface area contributed by atoms with Gasteiger partial charge in [0.05, 0.1) is 17.5 Å². The lowest BCUT2D eigenvalue weighted by Crippen LogP contribution is -2.59. The summed E-state index contributed by atoms with van der Waals surface area (Å²) in [4.78, 5) is 13.4. The van der Waals surface area contributed by atoms with E-state index in [-0.39, 0.29) is 36.1 Å². The number of methoxy groups -OCH3 is 1. The standard InChI is InChI=1S/C9H16N2O4S/c1-15-4-9(12)11-3-2-10-7-5-16(13,14)6-8(7)11/h7-8,10H,2-6H2,1H3/t7-,8-/m1/s1. The first-order chi connectivity index (χ1) is 7.53. The average molecular weight is 248 g/mol. The molecule has 2 heterocycles. The van der Waals surface area contributed by atoms with Crippen LogP contribution in [0.2, 0.25) is 0 Å². The Bertz CT molecular complexity index is 381. The number of ether oxygens (including phenoxy) is 1. The first-order valence-electron chi connectivity index (χ1n) is 5.26. The van der Waals surface area contributed by atoms with Crippen LogP contribution in [0.4, 0.5) is 0 Å². The fourth-order valence-corrected chi connectivity index (χ4v) is 4.34. The van der Waals surface area contributed by atoms with Crippen molar-refractivity contribution in [1.29, 1.82) is 0 Å². The fraction of sp³-hybridized carbons (Fsp3) is 0.889. The Balaban J connectivity index is 2.13.